The van der Waals surface area contributed by atoms with E-state index in [2.05, 4.69) is 107 Å². The summed E-state index contributed by atoms with van der Waals surface area (Å²) in [7, 11) is 0. The summed E-state index contributed by atoms with van der Waals surface area (Å²) in [6.07, 6.45) is 37.1. The fraction of sp³-hybridized carbons (Fsp3) is 0.467. The van der Waals surface area contributed by atoms with Crippen molar-refractivity contribution in [1.29, 1.82) is 0 Å². The van der Waals surface area contributed by atoms with Crippen LogP contribution in [-0.2, 0) is 6.42 Å². The van der Waals surface area contributed by atoms with Crippen molar-refractivity contribution < 1.29 is 4.39 Å². The molecule has 2 saturated heterocycles. The zero-order chi connectivity index (χ0) is 33.9. The number of benzene rings is 1. The third kappa shape index (κ3) is 6.17. The van der Waals surface area contributed by atoms with E-state index in [0.717, 1.165) is 61.2 Å². The highest BCUT2D eigenvalue weighted by molar-refractivity contribution is 8.01. The molecule has 8 aliphatic rings. The molecule has 1 aromatic carbocycles. The molecule has 0 bridgehead atoms. The van der Waals surface area contributed by atoms with Gasteiger partial charge in [-0.15, -0.1) is 23.1 Å². The molecule has 1 aromatic heterocycles. The minimum Gasteiger partial charge on any atom is -0.282 e. The van der Waals surface area contributed by atoms with E-state index in [1.54, 1.807) is 33.2 Å². The van der Waals surface area contributed by atoms with Crippen molar-refractivity contribution >= 4 is 38.8 Å². The minimum atomic E-state index is -0.888. The average Bonchev–Trinajstić information content (AvgIpc) is 3.77. The first-order valence-corrected chi connectivity index (χ1v) is 21.5. The highest BCUT2D eigenvalue weighted by Gasteiger charge is 2.47. The zero-order valence-corrected chi connectivity index (χ0v) is 31.0. The summed E-state index contributed by atoms with van der Waals surface area (Å²) in [5.41, 5.74) is 9.03. The molecule has 0 saturated carbocycles. The lowest BCUT2D eigenvalue weighted by molar-refractivity contribution is 0.186. The molecular weight excluding hydrogens is 666 g/mol. The Balaban J connectivity index is 1.03. The largest absolute Gasteiger partial charge is 0.282 e. The van der Waals surface area contributed by atoms with Gasteiger partial charge in [0.05, 0.1) is 18.5 Å². The molecule has 264 valence electrons. The zero-order valence-electron chi connectivity index (χ0n) is 29.4. The van der Waals surface area contributed by atoms with Crippen molar-refractivity contribution in [2.75, 3.05) is 0 Å². The van der Waals surface area contributed by atoms with E-state index in [1.165, 1.54) is 41.3 Å². The van der Waals surface area contributed by atoms with Gasteiger partial charge in [-0.3, -0.25) is 16.0 Å². The number of allylic oxidation sites excluding steroid dienone is 11. The molecule has 2 aromatic rings. The number of aryl methyl sites for hydroxylation is 1. The number of nitrogens with one attached hydrogen (secondary N) is 3. The maximum atomic E-state index is 14.2. The van der Waals surface area contributed by atoms with Crippen molar-refractivity contribution in [2.24, 2.45) is 23.7 Å². The second kappa shape index (κ2) is 13.9. The first-order chi connectivity index (χ1) is 25.2. The smallest absolute Gasteiger partial charge is 0.122 e. The number of thioether (sulfide) groups is 1. The molecule has 3 N–H and O–H groups in total. The number of hydrogen-bond acceptors (Lipinski definition) is 5. The molecule has 10 rings (SSSR count). The first kappa shape index (κ1) is 32.9. The van der Waals surface area contributed by atoms with Gasteiger partial charge >= 0.3 is 0 Å². The summed E-state index contributed by atoms with van der Waals surface area (Å²) in [6.45, 7) is 0. The van der Waals surface area contributed by atoms with Crippen LogP contribution in [0.3, 0.4) is 0 Å². The number of rotatable bonds is 5. The Bertz CT molecular complexity index is 1940. The van der Waals surface area contributed by atoms with Gasteiger partial charge in [0.1, 0.15) is 6.17 Å². The third-order valence-electron chi connectivity index (χ3n) is 13.0. The quantitative estimate of drug-likeness (QED) is 0.270. The molecule has 6 heteroatoms. The van der Waals surface area contributed by atoms with Crippen LogP contribution >= 0.6 is 23.1 Å². The summed E-state index contributed by atoms with van der Waals surface area (Å²) >= 11 is 4.34. The number of fused-ring (bicyclic) bond motifs is 6. The second-order valence-corrected chi connectivity index (χ2v) is 18.5. The highest BCUT2D eigenvalue weighted by Crippen LogP contribution is 2.56. The van der Waals surface area contributed by atoms with Gasteiger partial charge < -0.3 is 0 Å². The van der Waals surface area contributed by atoms with Crippen LogP contribution in [0.5, 0.6) is 0 Å². The summed E-state index contributed by atoms with van der Waals surface area (Å²) in [5.74, 6) is 2.30. The molecule has 6 aliphatic carbocycles. The van der Waals surface area contributed by atoms with Crippen LogP contribution < -0.4 is 16.0 Å². The molecule has 3 heterocycles. The van der Waals surface area contributed by atoms with Gasteiger partial charge in [0.25, 0.3) is 0 Å². The van der Waals surface area contributed by atoms with Crippen LogP contribution in [0, 0.1) is 23.7 Å². The highest BCUT2D eigenvalue weighted by atomic mass is 32.2. The van der Waals surface area contributed by atoms with E-state index in [0.29, 0.717) is 23.5 Å². The third-order valence-corrected chi connectivity index (χ3v) is 16.1. The molecule has 0 spiro atoms. The normalized spacial score (nSPS) is 37.5. The number of halogens is 1. The maximum Gasteiger partial charge on any atom is 0.122 e. The topological polar surface area (TPSA) is 36.1 Å². The van der Waals surface area contributed by atoms with Crippen LogP contribution in [0.15, 0.2) is 113 Å². The van der Waals surface area contributed by atoms with E-state index in [-0.39, 0.29) is 18.5 Å². The molecule has 2 aliphatic heterocycles. The van der Waals surface area contributed by atoms with Crippen LogP contribution in [0.1, 0.15) is 74.6 Å². The Labute approximate surface area is 311 Å². The molecule has 2 fully saturated rings. The SMILES string of the molecule is FC1C=CC(C2NC(C3=CC=CCC3)NC(C3C=C(C4=CCCC5C4SC4CCC=CC45)CC(C4=CCCc5c4sc4ccccc54)C3)N2)=CC1. The standard InChI is InChI=1S/C45H50FN3S2/c46-32-22-20-28(21-23-32)44-47-43(27-10-2-1-3-11-27)48-45(49-44)31-25-29(33-14-8-16-37-35-12-4-6-18-39(35)50-41(33)37)24-30(26-31)34-15-9-17-38-36-13-5-7-19-40(36)51-42(34)38/h1-2,4-6,10,12-15,18,20-22,26,29,31-32,36,38,40,42-45,47-49H,3,7-9,11,16-17,19,23-25H2. The van der Waals surface area contributed by atoms with Crippen LogP contribution in [0.4, 0.5) is 4.39 Å². The predicted molar refractivity (Wildman–Crippen MR) is 214 cm³/mol. The molecule has 51 heavy (non-hydrogen) atoms. The Kier molecular flexibility index (Phi) is 8.97. The predicted octanol–water partition coefficient (Wildman–Crippen LogP) is 10.2. The Hall–Kier alpha value is -2.74. The number of alkyl halides is 1. The van der Waals surface area contributed by atoms with E-state index >= 15 is 0 Å². The van der Waals surface area contributed by atoms with Crippen LogP contribution in [-0.4, -0.2) is 35.2 Å². The average molecular weight is 716 g/mol. The van der Waals surface area contributed by atoms with Gasteiger partial charge in [-0.05, 0) is 127 Å². The van der Waals surface area contributed by atoms with Crippen LogP contribution in [0.25, 0.3) is 15.7 Å². The van der Waals surface area contributed by atoms with Gasteiger partial charge in [-0.2, -0.15) is 0 Å². The molecule has 10 atom stereocenters. The van der Waals surface area contributed by atoms with Crippen molar-refractivity contribution in [3.05, 3.63) is 124 Å². The Morgan fingerprint density at radius 2 is 1.76 bits per heavy atom. The molecule has 0 radical (unpaired) electrons. The Morgan fingerprint density at radius 1 is 0.843 bits per heavy atom. The van der Waals surface area contributed by atoms with E-state index in [9.17, 15) is 4.39 Å². The van der Waals surface area contributed by atoms with E-state index < -0.39 is 6.17 Å². The lowest BCUT2D eigenvalue weighted by atomic mass is 9.69. The van der Waals surface area contributed by atoms with Gasteiger partial charge in [0, 0.05) is 32.4 Å². The molecule has 3 nitrogen and oxygen atoms in total. The van der Waals surface area contributed by atoms with E-state index in [1.807, 2.05) is 17.4 Å². The Morgan fingerprint density at radius 3 is 2.67 bits per heavy atom. The fourth-order valence-corrected chi connectivity index (χ4v) is 14.0. The summed E-state index contributed by atoms with van der Waals surface area (Å²) in [4.78, 5) is 1.55. The second-order valence-electron chi connectivity index (χ2n) is 16.0. The van der Waals surface area contributed by atoms with Gasteiger partial charge in [-0.25, -0.2) is 4.39 Å². The lowest BCUT2D eigenvalue weighted by Gasteiger charge is -2.46. The summed E-state index contributed by atoms with van der Waals surface area (Å²) < 4.78 is 15.7. The molecule has 10 unspecified atom stereocenters. The fourth-order valence-electron chi connectivity index (χ4n) is 10.6. The van der Waals surface area contributed by atoms with Crippen molar-refractivity contribution in [3.8, 4) is 0 Å². The van der Waals surface area contributed by atoms with Crippen LogP contribution in [0.2, 0.25) is 0 Å². The van der Waals surface area contributed by atoms with E-state index in [4.69, 9.17) is 0 Å². The van der Waals surface area contributed by atoms with Gasteiger partial charge in [0.2, 0.25) is 0 Å². The summed E-state index contributed by atoms with van der Waals surface area (Å²) in [6, 6.07) is 9.08. The number of thiophene rings is 1. The summed E-state index contributed by atoms with van der Waals surface area (Å²) in [5, 5.41) is 14.9. The lowest BCUT2D eigenvalue weighted by Crippen LogP contribution is -2.70. The van der Waals surface area contributed by atoms with Gasteiger partial charge in [-0.1, -0.05) is 85.0 Å². The monoisotopic (exact) mass is 715 g/mol. The first-order valence-electron chi connectivity index (χ1n) is 19.8. The van der Waals surface area contributed by atoms with Crippen molar-refractivity contribution in [2.45, 2.75) is 106 Å². The van der Waals surface area contributed by atoms with Crippen molar-refractivity contribution in [1.82, 2.24) is 16.0 Å². The molecular formula is C45H50FN3S2. The number of hydrogen-bond donors (Lipinski definition) is 3. The minimum absolute atomic E-state index is 0.0318. The van der Waals surface area contributed by atoms with Crippen molar-refractivity contribution in [3.63, 3.8) is 0 Å². The van der Waals surface area contributed by atoms with Gasteiger partial charge in [0.15, 0.2) is 0 Å². The molecule has 0 amide bonds. The maximum absolute atomic E-state index is 14.2.